The molecule has 0 saturated carbocycles. The molecule has 1 amide bonds. The number of furan rings is 1. The molecule has 0 aliphatic carbocycles. The van der Waals surface area contributed by atoms with Crippen LogP contribution in [0.5, 0.6) is 0 Å². The summed E-state index contributed by atoms with van der Waals surface area (Å²) in [6, 6.07) is 1.87. The number of rotatable bonds is 3. The molecule has 78 valence electrons. The SMILES string of the molecule is C#CC(C)NC(=O)c1ccc([N+](=O)[O-])o1. The van der Waals surface area contributed by atoms with Gasteiger partial charge < -0.3 is 9.73 Å². The van der Waals surface area contributed by atoms with Gasteiger partial charge in [0.25, 0.3) is 5.91 Å². The molecule has 1 N–H and O–H groups in total. The highest BCUT2D eigenvalue weighted by Crippen LogP contribution is 2.15. The fourth-order valence-electron chi connectivity index (χ4n) is 0.857. The summed E-state index contributed by atoms with van der Waals surface area (Å²) < 4.78 is 4.67. The van der Waals surface area contributed by atoms with Gasteiger partial charge in [-0.05, 0) is 13.0 Å². The van der Waals surface area contributed by atoms with Gasteiger partial charge in [0.1, 0.15) is 4.92 Å². The fraction of sp³-hybridized carbons (Fsp3) is 0.222. The Bertz CT molecular complexity index is 430. The van der Waals surface area contributed by atoms with E-state index in [1.807, 2.05) is 0 Å². The van der Waals surface area contributed by atoms with Gasteiger partial charge in [0.2, 0.25) is 0 Å². The van der Waals surface area contributed by atoms with Crippen LogP contribution >= 0.6 is 0 Å². The van der Waals surface area contributed by atoms with Crippen LogP contribution < -0.4 is 5.32 Å². The molecule has 0 fully saturated rings. The first-order valence-corrected chi connectivity index (χ1v) is 4.06. The second-order valence-electron chi connectivity index (χ2n) is 2.76. The molecule has 0 bridgehead atoms. The summed E-state index contributed by atoms with van der Waals surface area (Å²) in [4.78, 5) is 20.9. The number of carbonyl (C=O) groups excluding carboxylic acids is 1. The van der Waals surface area contributed by atoms with Gasteiger partial charge in [0.05, 0.1) is 12.1 Å². The maximum Gasteiger partial charge on any atom is 0.433 e. The van der Waals surface area contributed by atoms with E-state index in [0.717, 1.165) is 6.07 Å². The first kappa shape index (κ1) is 10.8. The van der Waals surface area contributed by atoms with E-state index in [9.17, 15) is 14.9 Å². The predicted molar refractivity (Wildman–Crippen MR) is 51.1 cm³/mol. The predicted octanol–water partition coefficient (Wildman–Crippen LogP) is 0.939. The lowest BCUT2D eigenvalue weighted by molar-refractivity contribution is -0.402. The summed E-state index contributed by atoms with van der Waals surface area (Å²) in [7, 11) is 0. The molecule has 6 nitrogen and oxygen atoms in total. The first-order chi connectivity index (χ1) is 7.04. The molecule has 15 heavy (non-hydrogen) atoms. The van der Waals surface area contributed by atoms with E-state index >= 15 is 0 Å². The lowest BCUT2D eigenvalue weighted by Gasteiger charge is -2.04. The number of hydrogen-bond acceptors (Lipinski definition) is 4. The van der Waals surface area contributed by atoms with Crippen LogP contribution in [0.2, 0.25) is 0 Å². The topological polar surface area (TPSA) is 85.4 Å². The van der Waals surface area contributed by atoms with Crippen molar-refractivity contribution in [2.24, 2.45) is 0 Å². The highest BCUT2D eigenvalue weighted by atomic mass is 16.6. The van der Waals surface area contributed by atoms with Crippen molar-refractivity contribution >= 4 is 11.8 Å². The van der Waals surface area contributed by atoms with Crippen molar-refractivity contribution in [1.29, 1.82) is 0 Å². The molecule has 0 saturated heterocycles. The Morgan fingerprint density at radius 2 is 2.40 bits per heavy atom. The van der Waals surface area contributed by atoms with Crippen molar-refractivity contribution < 1.29 is 14.1 Å². The number of carbonyl (C=O) groups is 1. The fourth-order valence-corrected chi connectivity index (χ4v) is 0.857. The quantitative estimate of drug-likeness (QED) is 0.455. The van der Waals surface area contributed by atoms with Crippen LogP contribution in [0.4, 0.5) is 5.88 Å². The molecular weight excluding hydrogens is 200 g/mol. The molecule has 6 heteroatoms. The third kappa shape index (κ3) is 2.57. The maximum atomic E-state index is 11.3. The highest BCUT2D eigenvalue weighted by Gasteiger charge is 2.17. The Kier molecular flexibility index (Phi) is 3.08. The molecule has 1 unspecified atom stereocenters. The zero-order valence-electron chi connectivity index (χ0n) is 7.89. The lowest BCUT2D eigenvalue weighted by atomic mass is 10.3. The van der Waals surface area contributed by atoms with Gasteiger partial charge >= 0.3 is 5.88 Å². The van der Waals surface area contributed by atoms with Crippen molar-refractivity contribution in [3.63, 3.8) is 0 Å². The van der Waals surface area contributed by atoms with Crippen molar-refractivity contribution in [3.05, 3.63) is 28.0 Å². The number of nitrogens with zero attached hydrogens (tertiary/aromatic N) is 1. The Hall–Kier alpha value is -2.29. The summed E-state index contributed by atoms with van der Waals surface area (Å²) in [5, 5.41) is 12.7. The van der Waals surface area contributed by atoms with Crippen LogP contribution in [-0.2, 0) is 0 Å². The Labute approximate surface area is 85.4 Å². The summed E-state index contributed by atoms with van der Waals surface area (Å²) in [5.74, 6) is 1.10. The molecule has 0 aliphatic heterocycles. The summed E-state index contributed by atoms with van der Waals surface area (Å²) >= 11 is 0. The van der Waals surface area contributed by atoms with Crippen LogP contribution in [-0.4, -0.2) is 16.9 Å². The zero-order chi connectivity index (χ0) is 11.4. The molecule has 1 aromatic heterocycles. The Balaban J connectivity index is 2.75. The number of amides is 1. The van der Waals surface area contributed by atoms with Crippen LogP contribution in [0.1, 0.15) is 17.5 Å². The number of nitro groups is 1. The third-order valence-corrected chi connectivity index (χ3v) is 1.59. The minimum atomic E-state index is -0.721. The summed E-state index contributed by atoms with van der Waals surface area (Å²) in [6.07, 6.45) is 5.05. The van der Waals surface area contributed by atoms with Gasteiger partial charge in [-0.15, -0.1) is 6.42 Å². The highest BCUT2D eigenvalue weighted by molar-refractivity contribution is 5.92. The standard InChI is InChI=1S/C9H8N2O4/c1-3-6(2)10-9(12)7-4-5-8(15-7)11(13)14/h1,4-6H,2H3,(H,10,12). The molecular formula is C9H8N2O4. The van der Waals surface area contributed by atoms with Gasteiger partial charge in [-0.2, -0.15) is 0 Å². The van der Waals surface area contributed by atoms with Crippen LogP contribution in [0, 0.1) is 22.5 Å². The van der Waals surface area contributed by atoms with E-state index in [1.54, 1.807) is 6.92 Å². The molecule has 1 atom stereocenters. The van der Waals surface area contributed by atoms with Crippen LogP contribution in [0.15, 0.2) is 16.5 Å². The molecule has 0 radical (unpaired) electrons. The van der Waals surface area contributed by atoms with Gasteiger partial charge in [0.15, 0.2) is 5.76 Å². The minimum Gasteiger partial charge on any atom is -0.395 e. The molecule has 1 aromatic rings. The number of nitrogens with one attached hydrogen (secondary N) is 1. The monoisotopic (exact) mass is 208 g/mol. The lowest BCUT2D eigenvalue weighted by Crippen LogP contribution is -2.30. The van der Waals surface area contributed by atoms with Crippen molar-refractivity contribution in [1.82, 2.24) is 5.32 Å². The molecule has 0 aliphatic rings. The first-order valence-electron chi connectivity index (χ1n) is 4.06. The Morgan fingerprint density at radius 3 is 2.87 bits per heavy atom. The average molecular weight is 208 g/mol. The van der Waals surface area contributed by atoms with E-state index < -0.39 is 22.8 Å². The third-order valence-electron chi connectivity index (χ3n) is 1.59. The number of terminal acetylenes is 1. The Morgan fingerprint density at radius 1 is 1.73 bits per heavy atom. The average Bonchev–Trinajstić information content (AvgIpc) is 2.66. The van der Waals surface area contributed by atoms with Crippen molar-refractivity contribution in [2.45, 2.75) is 13.0 Å². The largest absolute Gasteiger partial charge is 0.433 e. The van der Waals surface area contributed by atoms with E-state index in [4.69, 9.17) is 6.42 Å². The summed E-state index contributed by atoms with van der Waals surface area (Å²) in [5.41, 5.74) is 0. The van der Waals surface area contributed by atoms with Gasteiger partial charge in [-0.25, -0.2) is 0 Å². The second-order valence-corrected chi connectivity index (χ2v) is 2.76. The van der Waals surface area contributed by atoms with E-state index in [1.165, 1.54) is 6.07 Å². The normalized spacial score (nSPS) is 11.5. The minimum absolute atomic E-state index is 0.135. The molecule has 1 rings (SSSR count). The molecule has 0 aromatic carbocycles. The summed E-state index contributed by atoms with van der Waals surface area (Å²) in [6.45, 7) is 1.61. The molecule has 1 heterocycles. The van der Waals surface area contributed by atoms with E-state index in [-0.39, 0.29) is 5.76 Å². The van der Waals surface area contributed by atoms with Gasteiger partial charge in [-0.1, -0.05) is 5.92 Å². The van der Waals surface area contributed by atoms with Crippen molar-refractivity contribution in [2.75, 3.05) is 0 Å². The maximum absolute atomic E-state index is 11.3. The second kappa shape index (κ2) is 4.28. The van der Waals surface area contributed by atoms with E-state index in [0.29, 0.717) is 0 Å². The molecule has 0 spiro atoms. The van der Waals surface area contributed by atoms with Crippen molar-refractivity contribution in [3.8, 4) is 12.3 Å². The van der Waals surface area contributed by atoms with Gasteiger partial charge in [-0.3, -0.25) is 14.9 Å². The number of hydrogen-bond donors (Lipinski definition) is 1. The van der Waals surface area contributed by atoms with Crippen LogP contribution in [0.3, 0.4) is 0 Å². The van der Waals surface area contributed by atoms with E-state index in [2.05, 4.69) is 15.7 Å². The van der Waals surface area contributed by atoms with Gasteiger partial charge in [0, 0.05) is 0 Å². The zero-order valence-corrected chi connectivity index (χ0v) is 7.89. The van der Waals surface area contributed by atoms with Crippen LogP contribution in [0.25, 0.3) is 0 Å². The smallest absolute Gasteiger partial charge is 0.395 e.